The molecule has 4 aliphatic rings. The molecule has 0 spiro atoms. The van der Waals surface area contributed by atoms with E-state index in [1.165, 1.54) is 36.5 Å². The Morgan fingerprint density at radius 1 is 0.533 bits per heavy atom. The van der Waals surface area contributed by atoms with Gasteiger partial charge < -0.3 is 19.6 Å². The van der Waals surface area contributed by atoms with Gasteiger partial charge in [0, 0.05) is 52.4 Å². The summed E-state index contributed by atoms with van der Waals surface area (Å²) in [6.07, 6.45) is 5.07. The highest BCUT2D eigenvalue weighted by Crippen LogP contribution is 2.35. The smallest absolute Gasteiger partial charge is 0.201 e. The van der Waals surface area contributed by atoms with E-state index in [0.717, 1.165) is 75.7 Å². The fourth-order valence-electron chi connectivity index (χ4n) is 4.36. The molecule has 0 aromatic heterocycles. The molecule has 6 rings (SSSR count). The number of benzene rings is 2. The molecule has 0 saturated carbocycles. The largest absolute Gasteiger partial charge is 0.342 e. The lowest BCUT2D eigenvalue weighted by Crippen LogP contribution is -2.55. The van der Waals surface area contributed by atoms with Crippen LogP contribution in [0.25, 0.3) is 10.8 Å². The van der Waals surface area contributed by atoms with Crippen LogP contribution in [0.1, 0.15) is 25.7 Å². The lowest BCUT2D eigenvalue weighted by atomic mass is 10.1. The van der Waals surface area contributed by atoms with Gasteiger partial charge in [-0.15, -0.1) is 0 Å². The summed E-state index contributed by atoms with van der Waals surface area (Å²) in [4.78, 5) is 20.2. The van der Waals surface area contributed by atoms with Crippen LogP contribution < -0.4 is 0 Å². The summed E-state index contributed by atoms with van der Waals surface area (Å²) < 4.78 is 0. The lowest BCUT2D eigenvalue weighted by Gasteiger charge is -2.44. The Labute approximate surface area is 178 Å². The van der Waals surface area contributed by atoms with Gasteiger partial charge in [-0.2, -0.15) is 0 Å². The molecule has 4 heterocycles. The number of guanidine groups is 2. The zero-order valence-corrected chi connectivity index (χ0v) is 17.6. The molecule has 0 atom stereocenters. The van der Waals surface area contributed by atoms with Gasteiger partial charge in [0.25, 0.3) is 0 Å². The normalized spacial score (nSPS) is 20.1. The van der Waals surface area contributed by atoms with Crippen LogP contribution in [0, 0.1) is 0 Å². The second-order valence-corrected chi connectivity index (χ2v) is 8.87. The summed E-state index contributed by atoms with van der Waals surface area (Å²) >= 11 is 0. The third kappa shape index (κ3) is 3.18. The molecule has 6 heteroatoms. The van der Waals surface area contributed by atoms with Gasteiger partial charge in [0.15, 0.2) is 0 Å². The van der Waals surface area contributed by atoms with E-state index in [2.05, 4.69) is 56.0 Å². The highest BCUT2D eigenvalue weighted by atomic mass is 15.4. The molecular formula is C24H30N6. The van der Waals surface area contributed by atoms with Crippen molar-refractivity contribution in [2.24, 2.45) is 9.98 Å². The lowest BCUT2D eigenvalue weighted by molar-refractivity contribution is 0.207. The fourth-order valence-corrected chi connectivity index (χ4v) is 4.36. The monoisotopic (exact) mass is 402 g/mol. The van der Waals surface area contributed by atoms with E-state index in [1.807, 2.05) is 0 Å². The topological polar surface area (TPSA) is 37.7 Å². The van der Waals surface area contributed by atoms with E-state index in [0.29, 0.717) is 0 Å². The minimum absolute atomic E-state index is 1.00. The van der Waals surface area contributed by atoms with Gasteiger partial charge in [-0.05, 0) is 48.6 Å². The van der Waals surface area contributed by atoms with Crippen molar-refractivity contribution in [2.45, 2.75) is 25.7 Å². The third-order valence-electron chi connectivity index (χ3n) is 6.84. The maximum absolute atomic E-state index is 5.24. The van der Waals surface area contributed by atoms with Crippen molar-refractivity contribution in [2.75, 3.05) is 52.4 Å². The van der Waals surface area contributed by atoms with Crippen molar-refractivity contribution in [3.8, 4) is 0 Å². The van der Waals surface area contributed by atoms with Crippen LogP contribution in [-0.2, 0) is 0 Å². The molecular weight excluding hydrogens is 372 g/mol. The summed E-state index contributed by atoms with van der Waals surface area (Å²) in [5, 5.41) is 2.47. The molecule has 30 heavy (non-hydrogen) atoms. The average molecular weight is 403 g/mol. The minimum atomic E-state index is 1.00. The van der Waals surface area contributed by atoms with E-state index < -0.39 is 0 Å². The first-order valence-electron chi connectivity index (χ1n) is 11.6. The van der Waals surface area contributed by atoms with E-state index in [4.69, 9.17) is 9.98 Å². The molecule has 0 amide bonds. The van der Waals surface area contributed by atoms with Gasteiger partial charge in [0.2, 0.25) is 11.9 Å². The Hall–Kier alpha value is -2.76. The first-order chi connectivity index (χ1) is 14.8. The van der Waals surface area contributed by atoms with E-state index in [1.54, 1.807) is 0 Å². The Balaban J connectivity index is 1.46. The summed E-state index contributed by atoms with van der Waals surface area (Å²) in [7, 11) is 0. The minimum Gasteiger partial charge on any atom is -0.342 e. The molecule has 2 aromatic rings. The van der Waals surface area contributed by atoms with Crippen LogP contribution in [0.2, 0.25) is 0 Å². The van der Waals surface area contributed by atoms with Crippen LogP contribution in [0.5, 0.6) is 0 Å². The van der Waals surface area contributed by atoms with E-state index >= 15 is 0 Å². The molecule has 2 aromatic carbocycles. The summed E-state index contributed by atoms with van der Waals surface area (Å²) in [6.45, 7) is 8.95. The Bertz CT molecular complexity index is 883. The molecule has 6 nitrogen and oxygen atoms in total. The predicted octanol–water partition coefficient (Wildman–Crippen LogP) is 3.64. The number of hydrogen-bond acceptors (Lipinski definition) is 2. The van der Waals surface area contributed by atoms with Crippen LogP contribution in [0.15, 0.2) is 46.4 Å². The molecule has 0 N–H and O–H groups in total. The van der Waals surface area contributed by atoms with Crippen molar-refractivity contribution in [3.63, 3.8) is 0 Å². The summed E-state index contributed by atoms with van der Waals surface area (Å²) in [5.74, 6) is 2.29. The van der Waals surface area contributed by atoms with E-state index in [-0.39, 0.29) is 0 Å². The molecule has 4 fully saturated rings. The Morgan fingerprint density at radius 2 is 0.867 bits per heavy atom. The van der Waals surface area contributed by atoms with Gasteiger partial charge in [-0.3, -0.25) is 0 Å². The number of likely N-dealkylation sites (tertiary alicyclic amines) is 4. The quantitative estimate of drug-likeness (QED) is 0.568. The first-order valence-corrected chi connectivity index (χ1v) is 11.6. The number of rotatable bonds is 2. The van der Waals surface area contributed by atoms with Crippen LogP contribution in [0.3, 0.4) is 0 Å². The van der Waals surface area contributed by atoms with Crippen LogP contribution in [0.4, 0.5) is 11.4 Å². The van der Waals surface area contributed by atoms with Crippen molar-refractivity contribution < 1.29 is 0 Å². The standard InChI is InChI=1S/C24H30N6/c1-2-8-20-18-22(26-24(29-13-5-14-29)30-15-6-16-30)21(17-19(20)7-1)25-23(27-9-3-10-27)28-11-4-12-28/h1-2,7-8,17-18H,3-6,9-16H2. The number of fused-ring (bicyclic) bond motifs is 1. The van der Waals surface area contributed by atoms with Crippen LogP contribution in [-0.4, -0.2) is 83.9 Å². The van der Waals surface area contributed by atoms with Gasteiger partial charge in [-0.1, -0.05) is 24.3 Å². The highest BCUT2D eigenvalue weighted by molar-refractivity contribution is 5.95. The number of aliphatic imine (C=N–C) groups is 2. The Morgan fingerprint density at radius 3 is 1.13 bits per heavy atom. The molecule has 156 valence electrons. The Kier molecular flexibility index (Phi) is 4.51. The molecule has 4 saturated heterocycles. The first kappa shape index (κ1) is 18.0. The summed E-state index contributed by atoms with van der Waals surface area (Å²) in [6, 6.07) is 13.0. The van der Waals surface area contributed by atoms with Gasteiger partial charge >= 0.3 is 0 Å². The number of hydrogen-bond donors (Lipinski definition) is 0. The molecule has 0 unspecified atom stereocenters. The average Bonchev–Trinajstić information content (AvgIpc) is 2.56. The number of nitrogens with zero attached hydrogens (tertiary/aromatic N) is 6. The predicted molar refractivity (Wildman–Crippen MR) is 123 cm³/mol. The second kappa shape index (κ2) is 7.49. The second-order valence-electron chi connectivity index (χ2n) is 8.87. The van der Waals surface area contributed by atoms with Crippen molar-refractivity contribution >= 4 is 34.1 Å². The van der Waals surface area contributed by atoms with Gasteiger partial charge in [0.05, 0.1) is 11.4 Å². The van der Waals surface area contributed by atoms with Crippen LogP contribution >= 0.6 is 0 Å². The van der Waals surface area contributed by atoms with Gasteiger partial charge in [0.1, 0.15) is 0 Å². The maximum atomic E-state index is 5.24. The molecule has 0 bridgehead atoms. The molecule has 0 aliphatic carbocycles. The highest BCUT2D eigenvalue weighted by Gasteiger charge is 2.29. The molecule has 4 aliphatic heterocycles. The van der Waals surface area contributed by atoms with Crippen molar-refractivity contribution in [1.29, 1.82) is 0 Å². The van der Waals surface area contributed by atoms with Crippen molar-refractivity contribution in [3.05, 3.63) is 36.4 Å². The van der Waals surface area contributed by atoms with Crippen molar-refractivity contribution in [1.82, 2.24) is 19.6 Å². The zero-order valence-electron chi connectivity index (χ0n) is 17.6. The fraction of sp³-hybridized carbons (Fsp3) is 0.500. The third-order valence-corrected chi connectivity index (χ3v) is 6.84. The zero-order chi connectivity index (χ0) is 19.9. The summed E-state index contributed by atoms with van der Waals surface area (Å²) in [5.41, 5.74) is 2.00. The van der Waals surface area contributed by atoms with Gasteiger partial charge in [-0.25, -0.2) is 9.98 Å². The van der Waals surface area contributed by atoms with E-state index in [9.17, 15) is 0 Å². The molecule has 0 radical (unpaired) electrons. The maximum Gasteiger partial charge on any atom is 0.201 e. The SMILES string of the molecule is c1ccc2cc(N=C(N3CCC3)N3CCC3)c(N=C(N3CCC3)N3CCC3)cc2c1.